The highest BCUT2D eigenvalue weighted by atomic mass is 35.5. The number of anilines is 1. The van der Waals surface area contributed by atoms with Crippen molar-refractivity contribution in [3.05, 3.63) is 81.6 Å². The fraction of sp³-hybridized carbons (Fsp3) is 0.158. The van der Waals surface area contributed by atoms with Gasteiger partial charge in [0.15, 0.2) is 0 Å². The first-order chi connectivity index (χ1) is 12.6. The second kappa shape index (κ2) is 8.51. The van der Waals surface area contributed by atoms with Crippen molar-refractivity contribution < 1.29 is 9.34 Å². The molecule has 26 heavy (non-hydrogen) atoms. The molecule has 3 rings (SSSR count). The molecule has 0 saturated carbocycles. The molecule has 0 spiro atoms. The average molecular weight is 372 g/mol. The van der Waals surface area contributed by atoms with Crippen molar-refractivity contribution in [2.75, 3.05) is 18.4 Å². The van der Waals surface area contributed by atoms with E-state index in [1.807, 2.05) is 36.4 Å². The van der Waals surface area contributed by atoms with Crippen molar-refractivity contribution in [2.24, 2.45) is 0 Å². The van der Waals surface area contributed by atoms with Gasteiger partial charge in [-0.25, -0.2) is 0 Å². The number of nitrogens with one attached hydrogen (secondary N) is 2. The number of hydrogen-bond donors (Lipinski definition) is 2. The standard InChI is InChI=1S/C19H18ClN3O3/c20-18-4-2-1-3-17(18)19-10-9-16(26-19)13-21-11-12-22-14-5-7-15(8-6-14)23(24)25/h1-10,21-22H,11-13H2. The highest BCUT2D eigenvalue weighted by Crippen LogP contribution is 2.28. The van der Waals surface area contributed by atoms with Crippen molar-refractivity contribution in [3.63, 3.8) is 0 Å². The van der Waals surface area contributed by atoms with E-state index in [0.29, 0.717) is 18.1 Å². The monoisotopic (exact) mass is 371 g/mol. The van der Waals surface area contributed by atoms with Crippen LogP contribution in [0.1, 0.15) is 5.76 Å². The van der Waals surface area contributed by atoms with Crippen LogP contribution in [0.4, 0.5) is 11.4 Å². The van der Waals surface area contributed by atoms with Gasteiger partial charge in [-0.05, 0) is 36.4 Å². The molecule has 0 bridgehead atoms. The van der Waals surface area contributed by atoms with Crippen molar-refractivity contribution in [2.45, 2.75) is 6.54 Å². The first-order valence-corrected chi connectivity index (χ1v) is 8.54. The van der Waals surface area contributed by atoms with E-state index in [2.05, 4.69) is 10.6 Å². The Labute approximate surface area is 155 Å². The Hall–Kier alpha value is -2.83. The summed E-state index contributed by atoms with van der Waals surface area (Å²) in [6, 6.07) is 17.8. The van der Waals surface area contributed by atoms with E-state index in [9.17, 15) is 10.1 Å². The summed E-state index contributed by atoms with van der Waals surface area (Å²) >= 11 is 6.18. The van der Waals surface area contributed by atoms with E-state index in [4.69, 9.17) is 16.0 Å². The van der Waals surface area contributed by atoms with Crippen LogP contribution in [0, 0.1) is 10.1 Å². The largest absolute Gasteiger partial charge is 0.460 e. The third-order valence-electron chi connectivity index (χ3n) is 3.81. The first-order valence-electron chi connectivity index (χ1n) is 8.16. The van der Waals surface area contributed by atoms with Gasteiger partial charge in [0, 0.05) is 36.5 Å². The number of hydrogen-bond acceptors (Lipinski definition) is 5. The van der Waals surface area contributed by atoms with Crippen molar-refractivity contribution in [3.8, 4) is 11.3 Å². The molecule has 0 radical (unpaired) electrons. The molecule has 6 nitrogen and oxygen atoms in total. The van der Waals surface area contributed by atoms with Crippen LogP contribution in [0.15, 0.2) is 65.1 Å². The SMILES string of the molecule is O=[N+]([O-])c1ccc(NCCNCc2ccc(-c3ccccc3Cl)o2)cc1. The molecule has 7 heteroatoms. The molecule has 0 aliphatic heterocycles. The molecule has 0 aliphatic rings. The van der Waals surface area contributed by atoms with Gasteiger partial charge in [-0.3, -0.25) is 10.1 Å². The number of halogens is 1. The molecule has 0 amide bonds. The predicted molar refractivity (Wildman–Crippen MR) is 102 cm³/mol. The maximum absolute atomic E-state index is 10.6. The molecule has 2 N–H and O–H groups in total. The second-order valence-corrected chi connectivity index (χ2v) is 6.06. The van der Waals surface area contributed by atoms with Crippen LogP contribution in [0.3, 0.4) is 0 Å². The summed E-state index contributed by atoms with van der Waals surface area (Å²) in [4.78, 5) is 10.2. The van der Waals surface area contributed by atoms with E-state index in [-0.39, 0.29) is 5.69 Å². The Kier molecular flexibility index (Phi) is 5.88. The molecule has 0 aliphatic carbocycles. The smallest absolute Gasteiger partial charge is 0.269 e. The predicted octanol–water partition coefficient (Wildman–Crippen LogP) is 4.71. The van der Waals surface area contributed by atoms with E-state index in [0.717, 1.165) is 29.3 Å². The third-order valence-corrected chi connectivity index (χ3v) is 4.14. The van der Waals surface area contributed by atoms with E-state index in [1.54, 1.807) is 12.1 Å². The van der Waals surface area contributed by atoms with Gasteiger partial charge in [0.05, 0.1) is 16.5 Å². The molecule has 0 atom stereocenters. The molecule has 0 unspecified atom stereocenters. The molecular weight excluding hydrogens is 354 g/mol. The van der Waals surface area contributed by atoms with Crippen LogP contribution >= 0.6 is 11.6 Å². The minimum atomic E-state index is -0.411. The van der Waals surface area contributed by atoms with Crippen LogP contribution in [0.5, 0.6) is 0 Å². The summed E-state index contributed by atoms with van der Waals surface area (Å²) < 4.78 is 5.82. The summed E-state index contributed by atoms with van der Waals surface area (Å²) in [6.45, 7) is 2.02. The van der Waals surface area contributed by atoms with Gasteiger partial charge in [0.2, 0.25) is 0 Å². The van der Waals surface area contributed by atoms with Crippen molar-refractivity contribution in [1.82, 2.24) is 5.32 Å². The highest BCUT2D eigenvalue weighted by molar-refractivity contribution is 6.33. The lowest BCUT2D eigenvalue weighted by Gasteiger charge is -2.07. The second-order valence-electron chi connectivity index (χ2n) is 5.65. The zero-order valence-electron chi connectivity index (χ0n) is 13.9. The Morgan fingerprint density at radius 2 is 1.77 bits per heavy atom. The van der Waals surface area contributed by atoms with E-state index in [1.165, 1.54) is 12.1 Å². The van der Waals surface area contributed by atoms with Gasteiger partial charge in [-0.1, -0.05) is 23.7 Å². The van der Waals surface area contributed by atoms with E-state index >= 15 is 0 Å². The van der Waals surface area contributed by atoms with Crippen molar-refractivity contribution in [1.29, 1.82) is 0 Å². The zero-order chi connectivity index (χ0) is 18.4. The number of nitrogens with zero attached hydrogens (tertiary/aromatic N) is 1. The molecule has 0 saturated heterocycles. The molecule has 0 fully saturated rings. The Morgan fingerprint density at radius 1 is 1.00 bits per heavy atom. The lowest BCUT2D eigenvalue weighted by molar-refractivity contribution is -0.384. The number of nitro groups is 1. The maximum atomic E-state index is 10.6. The lowest BCUT2D eigenvalue weighted by atomic mass is 10.2. The number of rotatable bonds is 8. The summed E-state index contributed by atoms with van der Waals surface area (Å²) in [5.41, 5.74) is 1.80. The van der Waals surface area contributed by atoms with Crippen LogP contribution in [-0.2, 0) is 6.54 Å². The number of non-ortho nitro benzene ring substituents is 1. The third kappa shape index (κ3) is 4.62. The van der Waals surface area contributed by atoms with Gasteiger partial charge < -0.3 is 15.1 Å². The Morgan fingerprint density at radius 3 is 2.50 bits per heavy atom. The van der Waals surface area contributed by atoms with Crippen LogP contribution in [-0.4, -0.2) is 18.0 Å². The maximum Gasteiger partial charge on any atom is 0.269 e. The highest BCUT2D eigenvalue weighted by Gasteiger charge is 2.08. The molecule has 134 valence electrons. The van der Waals surface area contributed by atoms with Crippen LogP contribution < -0.4 is 10.6 Å². The number of nitro benzene ring substituents is 1. The Bertz CT molecular complexity index is 878. The Balaban J connectivity index is 1.43. The zero-order valence-corrected chi connectivity index (χ0v) is 14.7. The van der Waals surface area contributed by atoms with Gasteiger partial charge in [-0.15, -0.1) is 0 Å². The molecule has 3 aromatic rings. The summed E-state index contributed by atoms with van der Waals surface area (Å²) in [5, 5.41) is 17.8. The molecule has 1 aromatic heterocycles. The van der Waals surface area contributed by atoms with E-state index < -0.39 is 4.92 Å². The molecular formula is C19H18ClN3O3. The minimum absolute atomic E-state index is 0.0841. The fourth-order valence-corrected chi connectivity index (χ4v) is 2.72. The normalized spacial score (nSPS) is 10.7. The lowest BCUT2D eigenvalue weighted by Crippen LogP contribution is -2.21. The topological polar surface area (TPSA) is 80.3 Å². The first kappa shape index (κ1) is 18.0. The number of furan rings is 1. The van der Waals surface area contributed by atoms with Gasteiger partial charge in [0.25, 0.3) is 5.69 Å². The quantitative estimate of drug-likeness (QED) is 0.340. The van der Waals surface area contributed by atoms with Crippen LogP contribution in [0.25, 0.3) is 11.3 Å². The molecule has 1 heterocycles. The van der Waals surface area contributed by atoms with Crippen molar-refractivity contribution >= 4 is 23.0 Å². The molecule has 2 aromatic carbocycles. The summed E-state index contributed by atoms with van der Waals surface area (Å²) in [6.07, 6.45) is 0. The fourth-order valence-electron chi connectivity index (χ4n) is 2.49. The minimum Gasteiger partial charge on any atom is -0.460 e. The van der Waals surface area contributed by atoms with Crippen LogP contribution in [0.2, 0.25) is 5.02 Å². The van der Waals surface area contributed by atoms with Gasteiger partial charge >= 0.3 is 0 Å². The van der Waals surface area contributed by atoms with Gasteiger partial charge in [-0.2, -0.15) is 0 Å². The summed E-state index contributed by atoms with van der Waals surface area (Å²) in [7, 11) is 0. The van der Waals surface area contributed by atoms with Gasteiger partial charge in [0.1, 0.15) is 11.5 Å². The summed E-state index contributed by atoms with van der Waals surface area (Å²) in [5.74, 6) is 1.58. The average Bonchev–Trinajstić information content (AvgIpc) is 3.11. The number of benzene rings is 2.